The third-order valence-corrected chi connectivity index (χ3v) is 4.33. The summed E-state index contributed by atoms with van der Waals surface area (Å²) in [7, 11) is 0. The van der Waals surface area contributed by atoms with Crippen LogP contribution >= 0.6 is 0 Å². The van der Waals surface area contributed by atoms with E-state index in [2.05, 4.69) is 5.32 Å². The SMILES string of the molecule is CCOc1ccccc1/C=C/C(=O)OC(C)C(=O)Nc1cccc2ccccc12. The first-order chi connectivity index (χ1) is 14.1. The summed E-state index contributed by atoms with van der Waals surface area (Å²) in [6.45, 7) is 3.96. The van der Waals surface area contributed by atoms with Gasteiger partial charge < -0.3 is 14.8 Å². The van der Waals surface area contributed by atoms with Gasteiger partial charge in [0.15, 0.2) is 6.10 Å². The Morgan fingerprint density at radius 1 is 1.00 bits per heavy atom. The van der Waals surface area contributed by atoms with E-state index < -0.39 is 18.0 Å². The molecule has 1 unspecified atom stereocenters. The number of hydrogen-bond acceptors (Lipinski definition) is 4. The van der Waals surface area contributed by atoms with E-state index in [0.29, 0.717) is 18.0 Å². The van der Waals surface area contributed by atoms with Crippen LogP contribution < -0.4 is 10.1 Å². The molecule has 0 fully saturated rings. The molecule has 1 amide bonds. The standard InChI is InChI=1S/C24H23NO4/c1-3-28-22-14-7-5-10-19(22)15-16-23(26)29-17(2)24(27)25-21-13-8-11-18-9-4-6-12-20(18)21/h4-17H,3H2,1-2H3,(H,25,27)/b16-15+. The molecule has 0 aromatic heterocycles. The number of rotatable bonds is 7. The molecule has 0 spiro atoms. The second-order valence-corrected chi connectivity index (χ2v) is 6.40. The molecule has 1 N–H and O–H groups in total. The number of nitrogens with one attached hydrogen (secondary N) is 1. The van der Waals surface area contributed by atoms with Gasteiger partial charge in [0.05, 0.1) is 6.61 Å². The zero-order chi connectivity index (χ0) is 20.6. The van der Waals surface area contributed by atoms with E-state index in [-0.39, 0.29) is 0 Å². The molecule has 1 atom stereocenters. The predicted molar refractivity (Wildman–Crippen MR) is 115 cm³/mol. The fraction of sp³-hybridized carbons (Fsp3) is 0.167. The van der Waals surface area contributed by atoms with E-state index in [1.165, 1.54) is 6.08 Å². The summed E-state index contributed by atoms with van der Waals surface area (Å²) in [6.07, 6.45) is 1.97. The minimum Gasteiger partial charge on any atom is -0.493 e. The highest BCUT2D eigenvalue weighted by molar-refractivity contribution is 6.04. The van der Waals surface area contributed by atoms with Crippen LogP contribution in [0.1, 0.15) is 19.4 Å². The van der Waals surface area contributed by atoms with Crippen molar-refractivity contribution in [2.45, 2.75) is 20.0 Å². The number of carbonyl (C=O) groups excluding carboxylic acids is 2. The van der Waals surface area contributed by atoms with Crippen molar-refractivity contribution in [3.05, 3.63) is 78.4 Å². The number of esters is 1. The molecule has 0 saturated carbocycles. The molecule has 0 aliphatic rings. The molecule has 5 heteroatoms. The monoisotopic (exact) mass is 389 g/mol. The normalized spacial score (nSPS) is 11.9. The highest BCUT2D eigenvalue weighted by Gasteiger charge is 2.17. The van der Waals surface area contributed by atoms with Crippen LogP contribution in [-0.4, -0.2) is 24.6 Å². The number of anilines is 1. The second-order valence-electron chi connectivity index (χ2n) is 6.40. The molecular formula is C24H23NO4. The lowest BCUT2D eigenvalue weighted by Crippen LogP contribution is -2.29. The Labute approximate surface area is 170 Å². The van der Waals surface area contributed by atoms with E-state index in [4.69, 9.17) is 9.47 Å². The van der Waals surface area contributed by atoms with E-state index >= 15 is 0 Å². The number of amides is 1. The van der Waals surface area contributed by atoms with Crippen molar-refractivity contribution >= 4 is 34.4 Å². The molecule has 29 heavy (non-hydrogen) atoms. The zero-order valence-corrected chi connectivity index (χ0v) is 16.4. The molecule has 0 aliphatic heterocycles. The van der Waals surface area contributed by atoms with Gasteiger partial charge in [-0.05, 0) is 37.4 Å². The zero-order valence-electron chi connectivity index (χ0n) is 16.4. The molecule has 148 valence electrons. The average molecular weight is 389 g/mol. The van der Waals surface area contributed by atoms with Crippen molar-refractivity contribution in [1.82, 2.24) is 0 Å². The molecule has 3 aromatic rings. The average Bonchev–Trinajstić information content (AvgIpc) is 2.73. The summed E-state index contributed by atoms with van der Waals surface area (Å²) in [5.41, 5.74) is 1.44. The van der Waals surface area contributed by atoms with E-state index in [1.54, 1.807) is 13.0 Å². The Balaban J connectivity index is 1.63. The Bertz CT molecular complexity index is 1040. The molecule has 0 saturated heterocycles. The number of fused-ring (bicyclic) bond motifs is 1. The third kappa shape index (κ3) is 5.23. The summed E-state index contributed by atoms with van der Waals surface area (Å²) in [6, 6.07) is 20.8. The van der Waals surface area contributed by atoms with Crippen molar-refractivity contribution in [2.24, 2.45) is 0 Å². The number of carbonyl (C=O) groups is 2. The lowest BCUT2D eigenvalue weighted by Gasteiger charge is -2.14. The first-order valence-electron chi connectivity index (χ1n) is 9.47. The van der Waals surface area contributed by atoms with Gasteiger partial charge in [0.25, 0.3) is 5.91 Å². The van der Waals surface area contributed by atoms with Crippen LogP contribution in [0.3, 0.4) is 0 Å². The van der Waals surface area contributed by atoms with Crippen LogP contribution in [0.4, 0.5) is 5.69 Å². The summed E-state index contributed by atoms with van der Waals surface area (Å²) in [5, 5.41) is 4.77. The van der Waals surface area contributed by atoms with Crippen molar-refractivity contribution in [3.63, 3.8) is 0 Å². The number of ether oxygens (including phenoxy) is 2. The number of hydrogen-bond donors (Lipinski definition) is 1. The fourth-order valence-corrected chi connectivity index (χ4v) is 2.90. The van der Waals surface area contributed by atoms with Gasteiger partial charge in [0.2, 0.25) is 0 Å². The Morgan fingerprint density at radius 2 is 1.72 bits per heavy atom. The van der Waals surface area contributed by atoms with Gasteiger partial charge in [0, 0.05) is 22.7 Å². The van der Waals surface area contributed by atoms with Gasteiger partial charge in [-0.2, -0.15) is 0 Å². The first kappa shape index (κ1) is 20.1. The molecule has 3 aromatic carbocycles. The second kappa shape index (κ2) is 9.55. The molecule has 3 rings (SSSR count). The Kier molecular flexibility index (Phi) is 6.63. The molecular weight excluding hydrogens is 366 g/mol. The van der Waals surface area contributed by atoms with Gasteiger partial charge in [-0.3, -0.25) is 4.79 Å². The number of benzene rings is 3. The van der Waals surface area contributed by atoms with Crippen LogP contribution in [0.5, 0.6) is 5.75 Å². The van der Waals surface area contributed by atoms with Gasteiger partial charge in [-0.15, -0.1) is 0 Å². The maximum Gasteiger partial charge on any atom is 0.331 e. The highest BCUT2D eigenvalue weighted by Crippen LogP contribution is 2.23. The molecule has 0 radical (unpaired) electrons. The van der Waals surface area contributed by atoms with E-state index in [1.807, 2.05) is 73.7 Å². The van der Waals surface area contributed by atoms with Crippen LogP contribution in [0.25, 0.3) is 16.8 Å². The predicted octanol–water partition coefficient (Wildman–Crippen LogP) is 4.82. The van der Waals surface area contributed by atoms with Crippen molar-refractivity contribution < 1.29 is 19.1 Å². The maximum absolute atomic E-state index is 12.5. The van der Waals surface area contributed by atoms with E-state index in [0.717, 1.165) is 16.3 Å². The number of para-hydroxylation sites is 1. The molecule has 0 aliphatic carbocycles. The van der Waals surface area contributed by atoms with Crippen LogP contribution in [0.15, 0.2) is 72.8 Å². The van der Waals surface area contributed by atoms with E-state index in [9.17, 15) is 9.59 Å². The third-order valence-electron chi connectivity index (χ3n) is 4.33. The van der Waals surface area contributed by atoms with Crippen molar-refractivity contribution in [2.75, 3.05) is 11.9 Å². The largest absolute Gasteiger partial charge is 0.493 e. The summed E-state index contributed by atoms with van der Waals surface area (Å²) < 4.78 is 10.8. The van der Waals surface area contributed by atoms with Crippen LogP contribution in [-0.2, 0) is 14.3 Å². The van der Waals surface area contributed by atoms with Crippen molar-refractivity contribution in [1.29, 1.82) is 0 Å². The summed E-state index contributed by atoms with van der Waals surface area (Å²) >= 11 is 0. The summed E-state index contributed by atoms with van der Waals surface area (Å²) in [4.78, 5) is 24.6. The minimum absolute atomic E-state index is 0.391. The smallest absolute Gasteiger partial charge is 0.331 e. The van der Waals surface area contributed by atoms with Gasteiger partial charge in [0.1, 0.15) is 5.75 Å². The fourth-order valence-electron chi connectivity index (χ4n) is 2.90. The molecule has 0 bridgehead atoms. The van der Waals surface area contributed by atoms with Gasteiger partial charge in [-0.1, -0.05) is 54.6 Å². The summed E-state index contributed by atoms with van der Waals surface area (Å²) in [5.74, 6) is -0.310. The minimum atomic E-state index is -0.937. The Morgan fingerprint density at radius 3 is 2.55 bits per heavy atom. The van der Waals surface area contributed by atoms with Crippen molar-refractivity contribution in [3.8, 4) is 5.75 Å². The lowest BCUT2D eigenvalue weighted by atomic mass is 10.1. The highest BCUT2D eigenvalue weighted by atomic mass is 16.5. The van der Waals surface area contributed by atoms with Crippen LogP contribution in [0, 0.1) is 0 Å². The topological polar surface area (TPSA) is 64.6 Å². The van der Waals surface area contributed by atoms with Crippen LogP contribution in [0.2, 0.25) is 0 Å². The molecule has 5 nitrogen and oxygen atoms in total. The first-order valence-corrected chi connectivity index (χ1v) is 9.47. The Hall–Kier alpha value is -3.60. The maximum atomic E-state index is 12.5. The van der Waals surface area contributed by atoms with Gasteiger partial charge in [-0.25, -0.2) is 4.79 Å². The lowest BCUT2D eigenvalue weighted by molar-refractivity contribution is -0.148. The van der Waals surface area contributed by atoms with Gasteiger partial charge >= 0.3 is 5.97 Å². The quantitative estimate of drug-likeness (QED) is 0.465. The molecule has 0 heterocycles.